The molecule has 1 saturated heterocycles. The first-order chi connectivity index (χ1) is 13.3. The van der Waals surface area contributed by atoms with Crippen LogP contribution in [-0.2, 0) is 6.54 Å². The van der Waals surface area contributed by atoms with E-state index < -0.39 is 0 Å². The van der Waals surface area contributed by atoms with Crippen LogP contribution in [0.15, 0.2) is 36.7 Å². The first-order valence-corrected chi connectivity index (χ1v) is 9.43. The minimum atomic E-state index is 0.707. The summed E-state index contributed by atoms with van der Waals surface area (Å²) in [5.41, 5.74) is 2.85. The maximum absolute atomic E-state index is 4.76. The standard InChI is InChI=1S/C19H26N8/c1-26-9-11-27(12-10-26)19-24-17(16-18(25-19)23-14-22-16)21-8-7-20-13-15-5-3-2-4-6-15/h2-6,14,20H,7-13H2,1H3,(H2,21,22,23,24,25). The number of hydrogen-bond donors (Lipinski definition) is 3. The number of piperazine rings is 1. The number of nitrogens with one attached hydrogen (secondary N) is 3. The summed E-state index contributed by atoms with van der Waals surface area (Å²) < 4.78 is 0. The Morgan fingerprint density at radius 2 is 1.85 bits per heavy atom. The van der Waals surface area contributed by atoms with E-state index in [4.69, 9.17) is 4.98 Å². The molecule has 0 bridgehead atoms. The quantitative estimate of drug-likeness (QED) is 0.544. The van der Waals surface area contributed by atoms with Gasteiger partial charge >= 0.3 is 0 Å². The molecule has 0 radical (unpaired) electrons. The Labute approximate surface area is 159 Å². The van der Waals surface area contributed by atoms with Crippen LogP contribution in [0.2, 0.25) is 0 Å². The second-order valence-electron chi connectivity index (χ2n) is 6.85. The first-order valence-electron chi connectivity index (χ1n) is 9.43. The van der Waals surface area contributed by atoms with Crippen LogP contribution in [0.5, 0.6) is 0 Å². The van der Waals surface area contributed by atoms with Gasteiger partial charge in [-0.2, -0.15) is 9.97 Å². The number of aromatic amines is 1. The van der Waals surface area contributed by atoms with Crippen LogP contribution in [0.3, 0.4) is 0 Å². The fraction of sp³-hybridized carbons (Fsp3) is 0.421. The van der Waals surface area contributed by atoms with Gasteiger partial charge in [0.15, 0.2) is 11.5 Å². The largest absolute Gasteiger partial charge is 0.367 e. The highest BCUT2D eigenvalue weighted by atomic mass is 15.3. The average Bonchev–Trinajstić information content (AvgIpc) is 3.18. The third-order valence-electron chi connectivity index (χ3n) is 4.83. The Balaban J connectivity index is 1.38. The third-order valence-corrected chi connectivity index (χ3v) is 4.83. The second-order valence-corrected chi connectivity index (χ2v) is 6.85. The predicted molar refractivity (Wildman–Crippen MR) is 108 cm³/mol. The Kier molecular flexibility index (Phi) is 5.45. The van der Waals surface area contributed by atoms with Crippen molar-refractivity contribution in [2.24, 2.45) is 0 Å². The summed E-state index contributed by atoms with van der Waals surface area (Å²) in [6, 6.07) is 10.4. The molecule has 142 valence electrons. The van der Waals surface area contributed by atoms with Crippen LogP contribution < -0.4 is 15.5 Å². The maximum atomic E-state index is 4.76. The van der Waals surface area contributed by atoms with E-state index in [0.29, 0.717) is 5.65 Å². The van der Waals surface area contributed by atoms with E-state index in [1.165, 1.54) is 5.56 Å². The number of hydrogen-bond acceptors (Lipinski definition) is 7. The number of likely N-dealkylation sites (N-methyl/N-ethyl adjacent to an activating group) is 1. The minimum Gasteiger partial charge on any atom is -0.367 e. The molecule has 0 amide bonds. The van der Waals surface area contributed by atoms with Crippen molar-refractivity contribution in [3.05, 3.63) is 42.2 Å². The number of anilines is 2. The smallest absolute Gasteiger partial charge is 0.229 e. The molecule has 0 atom stereocenters. The molecule has 27 heavy (non-hydrogen) atoms. The summed E-state index contributed by atoms with van der Waals surface area (Å²) in [6.45, 7) is 6.40. The number of nitrogens with zero attached hydrogens (tertiary/aromatic N) is 5. The molecule has 8 heteroatoms. The van der Waals surface area contributed by atoms with Crippen LogP contribution in [-0.4, -0.2) is 71.2 Å². The van der Waals surface area contributed by atoms with E-state index >= 15 is 0 Å². The Morgan fingerprint density at radius 3 is 2.67 bits per heavy atom. The number of benzene rings is 1. The van der Waals surface area contributed by atoms with Gasteiger partial charge in [0.25, 0.3) is 0 Å². The van der Waals surface area contributed by atoms with Gasteiger partial charge in [0.1, 0.15) is 5.52 Å². The second kappa shape index (κ2) is 8.32. The molecular formula is C19H26N8. The summed E-state index contributed by atoms with van der Waals surface area (Å²) in [6.07, 6.45) is 1.67. The van der Waals surface area contributed by atoms with Crippen LogP contribution >= 0.6 is 0 Å². The van der Waals surface area contributed by atoms with Crippen molar-refractivity contribution in [3.63, 3.8) is 0 Å². The van der Waals surface area contributed by atoms with Crippen molar-refractivity contribution in [3.8, 4) is 0 Å². The van der Waals surface area contributed by atoms with Crippen LogP contribution in [0.4, 0.5) is 11.8 Å². The number of H-pyrrole nitrogens is 1. The summed E-state index contributed by atoms with van der Waals surface area (Å²) in [5.74, 6) is 1.57. The van der Waals surface area contributed by atoms with Gasteiger partial charge in [-0.3, -0.25) is 0 Å². The molecule has 3 heterocycles. The lowest BCUT2D eigenvalue weighted by Gasteiger charge is -2.32. The molecule has 0 unspecified atom stereocenters. The Hall–Kier alpha value is -2.71. The van der Waals surface area contributed by atoms with Crippen molar-refractivity contribution in [1.82, 2.24) is 30.2 Å². The van der Waals surface area contributed by atoms with Gasteiger partial charge in [-0.25, -0.2) is 4.98 Å². The fourth-order valence-corrected chi connectivity index (χ4v) is 3.20. The van der Waals surface area contributed by atoms with E-state index in [1.54, 1.807) is 6.33 Å². The van der Waals surface area contributed by atoms with Crippen LogP contribution in [0, 0.1) is 0 Å². The van der Waals surface area contributed by atoms with Gasteiger partial charge in [0, 0.05) is 45.8 Å². The van der Waals surface area contributed by atoms with Gasteiger partial charge in [-0.15, -0.1) is 0 Å². The molecule has 4 rings (SSSR count). The summed E-state index contributed by atoms with van der Waals surface area (Å²) in [7, 11) is 2.14. The van der Waals surface area contributed by atoms with Gasteiger partial charge < -0.3 is 25.4 Å². The predicted octanol–water partition coefficient (Wildman–Crippen LogP) is 1.31. The molecule has 0 aliphatic carbocycles. The highest BCUT2D eigenvalue weighted by Crippen LogP contribution is 2.21. The molecule has 2 aromatic heterocycles. The summed E-state index contributed by atoms with van der Waals surface area (Å²) in [5, 5.41) is 6.88. The molecule has 1 aliphatic rings. The Bertz CT molecular complexity index is 855. The van der Waals surface area contributed by atoms with Crippen LogP contribution in [0.25, 0.3) is 11.2 Å². The van der Waals surface area contributed by atoms with Crippen molar-refractivity contribution < 1.29 is 0 Å². The maximum Gasteiger partial charge on any atom is 0.229 e. The number of imidazole rings is 1. The van der Waals surface area contributed by atoms with Gasteiger partial charge in [0.05, 0.1) is 6.33 Å². The van der Waals surface area contributed by atoms with E-state index in [2.05, 4.69) is 66.7 Å². The fourth-order valence-electron chi connectivity index (χ4n) is 3.20. The van der Waals surface area contributed by atoms with E-state index in [0.717, 1.165) is 63.1 Å². The molecule has 1 aliphatic heterocycles. The van der Waals surface area contributed by atoms with Gasteiger partial charge in [-0.1, -0.05) is 30.3 Å². The summed E-state index contributed by atoms with van der Waals surface area (Å²) in [4.78, 5) is 21.4. The molecular weight excluding hydrogens is 340 g/mol. The van der Waals surface area contributed by atoms with Crippen molar-refractivity contribution >= 4 is 22.9 Å². The van der Waals surface area contributed by atoms with E-state index in [1.807, 2.05) is 6.07 Å². The zero-order valence-electron chi connectivity index (χ0n) is 15.6. The van der Waals surface area contributed by atoms with Gasteiger partial charge in [0.2, 0.25) is 5.95 Å². The number of rotatable bonds is 7. The topological polar surface area (TPSA) is 85.0 Å². The number of fused-ring (bicyclic) bond motifs is 1. The molecule has 8 nitrogen and oxygen atoms in total. The van der Waals surface area contributed by atoms with Crippen molar-refractivity contribution in [1.29, 1.82) is 0 Å². The normalized spacial score (nSPS) is 15.4. The molecule has 1 aromatic carbocycles. The lowest BCUT2D eigenvalue weighted by Crippen LogP contribution is -2.45. The molecule has 3 aromatic rings. The van der Waals surface area contributed by atoms with Crippen LogP contribution in [0.1, 0.15) is 5.56 Å². The molecule has 1 fully saturated rings. The minimum absolute atomic E-state index is 0.707. The lowest BCUT2D eigenvalue weighted by atomic mass is 10.2. The van der Waals surface area contributed by atoms with Crippen molar-refractivity contribution in [2.75, 3.05) is 56.5 Å². The molecule has 0 spiro atoms. The molecule has 3 N–H and O–H groups in total. The average molecular weight is 366 g/mol. The lowest BCUT2D eigenvalue weighted by molar-refractivity contribution is 0.311. The van der Waals surface area contributed by atoms with E-state index in [-0.39, 0.29) is 0 Å². The van der Waals surface area contributed by atoms with E-state index in [9.17, 15) is 0 Å². The van der Waals surface area contributed by atoms with Gasteiger partial charge in [-0.05, 0) is 12.6 Å². The molecule has 0 saturated carbocycles. The van der Waals surface area contributed by atoms with Crippen molar-refractivity contribution in [2.45, 2.75) is 6.54 Å². The monoisotopic (exact) mass is 366 g/mol. The first kappa shape index (κ1) is 17.7. The zero-order chi connectivity index (χ0) is 18.5. The Morgan fingerprint density at radius 1 is 1.04 bits per heavy atom. The highest BCUT2D eigenvalue weighted by Gasteiger charge is 2.19. The third kappa shape index (κ3) is 4.35. The number of aromatic nitrogens is 4. The SMILES string of the molecule is CN1CCN(c2nc(NCCNCc3ccccc3)c3[nH]cnc3n2)CC1. The highest BCUT2D eigenvalue weighted by molar-refractivity contribution is 5.83. The summed E-state index contributed by atoms with van der Waals surface area (Å²) >= 11 is 0. The zero-order valence-corrected chi connectivity index (χ0v) is 15.6.